The molecule has 0 unspecified atom stereocenters. The van der Waals surface area contributed by atoms with Gasteiger partial charge in [-0.3, -0.25) is 4.72 Å². The molecular weight excluding hydrogens is 284 g/mol. The number of hydrogen-bond acceptors (Lipinski definition) is 2. The van der Waals surface area contributed by atoms with Crippen LogP contribution in [0.1, 0.15) is 25.8 Å². The lowest BCUT2D eigenvalue weighted by molar-refractivity contribution is 0.414. The van der Waals surface area contributed by atoms with Crippen LogP contribution >= 0.6 is 11.6 Å². The van der Waals surface area contributed by atoms with Gasteiger partial charge >= 0.3 is 10.2 Å². The van der Waals surface area contributed by atoms with E-state index >= 15 is 0 Å². The second-order valence-electron chi connectivity index (χ2n) is 4.71. The van der Waals surface area contributed by atoms with E-state index in [4.69, 9.17) is 11.6 Å². The molecule has 0 aliphatic heterocycles. The molecule has 0 amide bonds. The number of anilines is 1. The topological polar surface area (TPSA) is 49.4 Å². The Bertz CT molecular complexity index is 503. The maximum Gasteiger partial charge on any atom is 0.301 e. The van der Waals surface area contributed by atoms with Gasteiger partial charge in [-0.25, -0.2) is 0 Å². The van der Waals surface area contributed by atoms with Gasteiger partial charge in [0.25, 0.3) is 0 Å². The third-order valence-corrected chi connectivity index (χ3v) is 4.82. The minimum absolute atomic E-state index is 0.0862. The van der Waals surface area contributed by atoms with Crippen LogP contribution in [0, 0.1) is 0 Å². The molecule has 0 atom stereocenters. The molecule has 1 rings (SSSR count). The molecule has 0 saturated heterocycles. The van der Waals surface area contributed by atoms with Crippen LogP contribution in [0.3, 0.4) is 0 Å². The molecule has 1 N–H and O–H groups in total. The summed E-state index contributed by atoms with van der Waals surface area (Å²) in [6.07, 6.45) is 1.72. The molecule has 0 radical (unpaired) electrons. The number of rotatable bonds is 7. The monoisotopic (exact) mass is 304 g/mol. The lowest BCUT2D eigenvalue weighted by Crippen LogP contribution is -2.37. The zero-order valence-electron chi connectivity index (χ0n) is 11.6. The summed E-state index contributed by atoms with van der Waals surface area (Å²) >= 11 is 5.66. The van der Waals surface area contributed by atoms with Gasteiger partial charge < -0.3 is 0 Å². The summed E-state index contributed by atoms with van der Waals surface area (Å²) in [6.45, 7) is 3.66. The highest BCUT2D eigenvalue weighted by Crippen LogP contribution is 2.15. The fraction of sp³-hybridized carbons (Fsp3) is 0.538. The summed E-state index contributed by atoms with van der Waals surface area (Å²) in [7, 11) is -1.93. The first-order valence-corrected chi connectivity index (χ1v) is 8.25. The number of benzene rings is 1. The standard InChI is InChI=1S/C13H21ClN2O2S/c1-11(2)16(3)19(17,18)15-13-8-4-6-12(10-13)7-5-9-14/h4,6,8,10-11,15H,5,7,9H2,1-3H3. The van der Waals surface area contributed by atoms with Crippen molar-refractivity contribution in [2.24, 2.45) is 0 Å². The second-order valence-corrected chi connectivity index (χ2v) is 6.82. The Morgan fingerprint density at radius 1 is 1.37 bits per heavy atom. The van der Waals surface area contributed by atoms with Crippen molar-refractivity contribution in [3.05, 3.63) is 29.8 Å². The fourth-order valence-corrected chi connectivity index (χ4v) is 2.82. The molecule has 1 aromatic carbocycles. The normalized spacial score (nSPS) is 12.1. The van der Waals surface area contributed by atoms with Crippen molar-refractivity contribution in [2.45, 2.75) is 32.7 Å². The highest BCUT2D eigenvalue weighted by atomic mass is 35.5. The van der Waals surface area contributed by atoms with E-state index in [9.17, 15) is 8.42 Å². The van der Waals surface area contributed by atoms with Crippen molar-refractivity contribution in [3.63, 3.8) is 0 Å². The number of nitrogens with one attached hydrogen (secondary N) is 1. The summed E-state index contributed by atoms with van der Waals surface area (Å²) < 4.78 is 28.0. The highest BCUT2D eigenvalue weighted by molar-refractivity contribution is 7.90. The van der Waals surface area contributed by atoms with Gasteiger partial charge in [0, 0.05) is 19.0 Å². The van der Waals surface area contributed by atoms with Crippen molar-refractivity contribution in [1.29, 1.82) is 0 Å². The van der Waals surface area contributed by atoms with Gasteiger partial charge in [0.1, 0.15) is 0 Å². The van der Waals surface area contributed by atoms with Crippen molar-refractivity contribution in [2.75, 3.05) is 17.6 Å². The first-order valence-electron chi connectivity index (χ1n) is 6.27. The van der Waals surface area contributed by atoms with E-state index in [0.717, 1.165) is 18.4 Å². The van der Waals surface area contributed by atoms with Crippen LogP contribution in [-0.4, -0.2) is 31.7 Å². The van der Waals surface area contributed by atoms with E-state index < -0.39 is 10.2 Å². The molecular formula is C13H21ClN2O2S. The molecule has 0 aliphatic carbocycles. The average molecular weight is 305 g/mol. The van der Waals surface area contributed by atoms with Crippen LogP contribution < -0.4 is 4.72 Å². The molecule has 108 valence electrons. The zero-order chi connectivity index (χ0) is 14.5. The third-order valence-electron chi connectivity index (χ3n) is 2.88. The summed E-state index contributed by atoms with van der Waals surface area (Å²) in [4.78, 5) is 0. The van der Waals surface area contributed by atoms with E-state index in [-0.39, 0.29) is 6.04 Å². The Labute approximate surface area is 120 Å². The van der Waals surface area contributed by atoms with Gasteiger partial charge in [-0.05, 0) is 44.4 Å². The van der Waals surface area contributed by atoms with Crippen LogP contribution in [0.4, 0.5) is 5.69 Å². The minimum Gasteiger partial charge on any atom is -0.271 e. The number of hydrogen-bond donors (Lipinski definition) is 1. The molecule has 0 spiro atoms. The summed E-state index contributed by atoms with van der Waals surface area (Å²) in [5.74, 6) is 0.603. The van der Waals surface area contributed by atoms with Gasteiger partial charge in [0.05, 0.1) is 5.69 Å². The Balaban J connectivity index is 2.82. The molecule has 0 bridgehead atoms. The molecule has 0 saturated carbocycles. The first kappa shape index (κ1) is 16.3. The molecule has 0 aliphatic rings. The number of nitrogens with zero attached hydrogens (tertiary/aromatic N) is 1. The predicted octanol–water partition coefficient (Wildman–Crippen LogP) is 2.85. The maximum atomic E-state index is 12.1. The number of aryl methyl sites for hydroxylation is 1. The fourth-order valence-electron chi connectivity index (χ4n) is 1.56. The Hall–Kier alpha value is -0.780. The van der Waals surface area contributed by atoms with Crippen molar-refractivity contribution >= 4 is 27.5 Å². The van der Waals surface area contributed by atoms with Crippen LogP contribution in [0.5, 0.6) is 0 Å². The predicted molar refractivity (Wildman–Crippen MR) is 80.9 cm³/mol. The van der Waals surface area contributed by atoms with Crippen molar-refractivity contribution in [1.82, 2.24) is 4.31 Å². The molecule has 19 heavy (non-hydrogen) atoms. The summed E-state index contributed by atoms with van der Waals surface area (Å²) in [6, 6.07) is 7.32. The largest absolute Gasteiger partial charge is 0.301 e. The van der Waals surface area contributed by atoms with Crippen molar-refractivity contribution in [3.8, 4) is 0 Å². The Kier molecular flexibility index (Phi) is 6.10. The van der Waals surface area contributed by atoms with Gasteiger partial charge in [-0.15, -0.1) is 11.6 Å². The molecule has 0 aromatic heterocycles. The van der Waals surface area contributed by atoms with E-state index in [1.165, 1.54) is 4.31 Å². The van der Waals surface area contributed by atoms with Crippen LogP contribution in [0.15, 0.2) is 24.3 Å². The SMILES string of the molecule is CC(C)N(C)S(=O)(=O)Nc1cccc(CCCCl)c1. The first-order chi connectivity index (χ1) is 8.86. The van der Waals surface area contributed by atoms with E-state index in [2.05, 4.69) is 4.72 Å². The Morgan fingerprint density at radius 3 is 2.63 bits per heavy atom. The van der Waals surface area contributed by atoms with E-state index in [1.807, 2.05) is 32.0 Å². The van der Waals surface area contributed by atoms with Gasteiger partial charge in [0.2, 0.25) is 0 Å². The second kappa shape index (κ2) is 7.12. The maximum absolute atomic E-state index is 12.1. The lowest BCUT2D eigenvalue weighted by Gasteiger charge is -2.21. The Morgan fingerprint density at radius 2 is 2.05 bits per heavy atom. The molecule has 4 nitrogen and oxygen atoms in total. The average Bonchev–Trinajstić information content (AvgIpc) is 2.35. The number of halogens is 1. The van der Waals surface area contributed by atoms with Crippen molar-refractivity contribution < 1.29 is 8.42 Å². The summed E-state index contributed by atoms with van der Waals surface area (Å²) in [5.41, 5.74) is 1.66. The quantitative estimate of drug-likeness (QED) is 0.788. The van der Waals surface area contributed by atoms with Gasteiger partial charge in [-0.1, -0.05) is 12.1 Å². The zero-order valence-corrected chi connectivity index (χ0v) is 13.1. The van der Waals surface area contributed by atoms with E-state index in [1.54, 1.807) is 13.1 Å². The third kappa shape index (κ3) is 5.01. The summed E-state index contributed by atoms with van der Waals surface area (Å²) in [5, 5.41) is 0. The van der Waals surface area contributed by atoms with Gasteiger partial charge in [-0.2, -0.15) is 12.7 Å². The van der Waals surface area contributed by atoms with Crippen LogP contribution in [0.25, 0.3) is 0 Å². The molecule has 1 aromatic rings. The number of alkyl halides is 1. The molecule has 6 heteroatoms. The van der Waals surface area contributed by atoms with Crippen LogP contribution in [0.2, 0.25) is 0 Å². The molecule has 0 heterocycles. The molecule has 0 fully saturated rings. The van der Waals surface area contributed by atoms with E-state index in [0.29, 0.717) is 11.6 Å². The van der Waals surface area contributed by atoms with Gasteiger partial charge in [0.15, 0.2) is 0 Å². The minimum atomic E-state index is -3.49. The smallest absolute Gasteiger partial charge is 0.271 e. The highest BCUT2D eigenvalue weighted by Gasteiger charge is 2.20. The lowest BCUT2D eigenvalue weighted by atomic mass is 10.1. The van der Waals surface area contributed by atoms with Crippen LogP contribution in [-0.2, 0) is 16.6 Å².